The first-order valence-electron chi connectivity index (χ1n) is 12.0. The standard InChI is InChI=1S/C29H32FN3O3/c1-18-9-27(30)19(2)8-26(18)22-10-20(16-32-28-6-5-7-31-28)11-23(14-22)29(34)33-17-21-12-24(35-3)15-25(13-21)36-4/h8-15H,5-7,16-17H2,1-4H3,(H,31,32)(H,33,34). The van der Waals surface area contributed by atoms with Crippen molar-refractivity contribution in [2.45, 2.75) is 39.8 Å². The Kier molecular flexibility index (Phi) is 7.88. The van der Waals surface area contributed by atoms with E-state index in [1.54, 1.807) is 33.3 Å². The van der Waals surface area contributed by atoms with Crippen LogP contribution in [-0.4, -0.2) is 32.5 Å². The SMILES string of the molecule is COc1cc(CNC(=O)c2cc(CNC3=NCCC3)cc(-c3cc(C)c(F)cc3C)c2)cc(OC)c1. The maximum absolute atomic E-state index is 14.1. The number of nitrogens with zero attached hydrogens (tertiary/aromatic N) is 1. The highest BCUT2D eigenvalue weighted by molar-refractivity contribution is 5.96. The van der Waals surface area contributed by atoms with Gasteiger partial charge in [0.1, 0.15) is 17.3 Å². The van der Waals surface area contributed by atoms with Crippen LogP contribution in [0.4, 0.5) is 4.39 Å². The van der Waals surface area contributed by atoms with E-state index >= 15 is 0 Å². The number of aliphatic imine (C=N–C) groups is 1. The molecule has 3 aromatic rings. The molecule has 0 spiro atoms. The minimum atomic E-state index is -0.236. The fourth-order valence-corrected chi connectivity index (χ4v) is 4.31. The van der Waals surface area contributed by atoms with Gasteiger partial charge in [-0.3, -0.25) is 9.79 Å². The van der Waals surface area contributed by atoms with Crippen LogP contribution in [0.1, 0.15) is 45.5 Å². The number of amides is 1. The summed E-state index contributed by atoms with van der Waals surface area (Å²) in [4.78, 5) is 17.7. The highest BCUT2D eigenvalue weighted by atomic mass is 19.1. The summed E-state index contributed by atoms with van der Waals surface area (Å²) in [6.07, 6.45) is 1.99. The molecular formula is C29H32FN3O3. The van der Waals surface area contributed by atoms with Crippen molar-refractivity contribution in [1.82, 2.24) is 10.6 Å². The molecule has 1 amide bonds. The monoisotopic (exact) mass is 489 g/mol. The number of ether oxygens (including phenoxy) is 2. The van der Waals surface area contributed by atoms with Crippen LogP contribution in [0.5, 0.6) is 11.5 Å². The molecule has 0 fully saturated rings. The zero-order chi connectivity index (χ0) is 25.7. The van der Waals surface area contributed by atoms with Crippen molar-refractivity contribution in [2.75, 3.05) is 20.8 Å². The minimum absolute atomic E-state index is 0.199. The van der Waals surface area contributed by atoms with E-state index in [4.69, 9.17) is 9.47 Å². The van der Waals surface area contributed by atoms with E-state index in [1.165, 1.54) is 0 Å². The van der Waals surface area contributed by atoms with Gasteiger partial charge in [0.25, 0.3) is 5.91 Å². The number of aryl methyl sites for hydroxylation is 2. The van der Waals surface area contributed by atoms with Gasteiger partial charge in [0, 0.05) is 37.7 Å². The normalized spacial score (nSPS) is 12.8. The van der Waals surface area contributed by atoms with Gasteiger partial charge in [0.2, 0.25) is 0 Å². The van der Waals surface area contributed by atoms with E-state index in [9.17, 15) is 9.18 Å². The lowest BCUT2D eigenvalue weighted by molar-refractivity contribution is 0.0950. The van der Waals surface area contributed by atoms with Crippen LogP contribution in [0.2, 0.25) is 0 Å². The Hall–Kier alpha value is -3.87. The minimum Gasteiger partial charge on any atom is -0.497 e. The van der Waals surface area contributed by atoms with E-state index in [0.717, 1.165) is 53.0 Å². The van der Waals surface area contributed by atoms with Crippen LogP contribution in [-0.2, 0) is 13.1 Å². The van der Waals surface area contributed by atoms with E-state index in [1.807, 2.05) is 43.3 Å². The van der Waals surface area contributed by atoms with E-state index < -0.39 is 0 Å². The first-order chi connectivity index (χ1) is 17.4. The summed E-state index contributed by atoms with van der Waals surface area (Å²) in [6.45, 7) is 5.35. The van der Waals surface area contributed by atoms with Gasteiger partial charge < -0.3 is 20.1 Å². The van der Waals surface area contributed by atoms with Crippen LogP contribution in [0.25, 0.3) is 11.1 Å². The first-order valence-corrected chi connectivity index (χ1v) is 12.0. The quantitative estimate of drug-likeness (QED) is 0.448. The summed E-state index contributed by atoms with van der Waals surface area (Å²) in [6, 6.07) is 14.7. The van der Waals surface area contributed by atoms with Gasteiger partial charge in [-0.25, -0.2) is 4.39 Å². The lowest BCUT2D eigenvalue weighted by Gasteiger charge is -2.15. The lowest BCUT2D eigenvalue weighted by atomic mass is 9.94. The van der Waals surface area contributed by atoms with Crippen molar-refractivity contribution < 1.29 is 18.7 Å². The number of carbonyl (C=O) groups excluding carboxylic acids is 1. The number of benzene rings is 3. The Morgan fingerprint density at radius 2 is 1.64 bits per heavy atom. The number of nitrogens with one attached hydrogen (secondary N) is 2. The average molecular weight is 490 g/mol. The Morgan fingerprint density at radius 3 is 2.31 bits per heavy atom. The molecule has 0 saturated carbocycles. The number of hydrogen-bond donors (Lipinski definition) is 2. The predicted molar refractivity (Wildman–Crippen MR) is 140 cm³/mol. The summed E-state index contributed by atoms with van der Waals surface area (Å²) >= 11 is 0. The van der Waals surface area contributed by atoms with Crippen molar-refractivity contribution in [3.63, 3.8) is 0 Å². The second kappa shape index (κ2) is 11.2. The molecule has 188 valence electrons. The van der Waals surface area contributed by atoms with Crippen LogP contribution >= 0.6 is 0 Å². The molecule has 3 aromatic carbocycles. The van der Waals surface area contributed by atoms with Crippen molar-refractivity contribution in [2.24, 2.45) is 4.99 Å². The molecule has 36 heavy (non-hydrogen) atoms. The van der Waals surface area contributed by atoms with E-state index in [-0.39, 0.29) is 11.7 Å². The lowest BCUT2D eigenvalue weighted by Crippen LogP contribution is -2.24. The Balaban J connectivity index is 1.62. The summed E-state index contributed by atoms with van der Waals surface area (Å²) in [5.41, 5.74) is 5.51. The summed E-state index contributed by atoms with van der Waals surface area (Å²) < 4.78 is 24.8. The third-order valence-corrected chi connectivity index (χ3v) is 6.31. The summed E-state index contributed by atoms with van der Waals surface area (Å²) in [7, 11) is 3.18. The maximum Gasteiger partial charge on any atom is 0.251 e. The highest BCUT2D eigenvalue weighted by Crippen LogP contribution is 2.29. The molecule has 0 saturated heterocycles. The molecular weight excluding hydrogens is 457 g/mol. The molecule has 0 bridgehead atoms. The molecule has 0 aliphatic carbocycles. The van der Waals surface area contributed by atoms with Gasteiger partial charge in [-0.1, -0.05) is 0 Å². The van der Waals surface area contributed by atoms with Crippen LogP contribution < -0.4 is 20.1 Å². The van der Waals surface area contributed by atoms with E-state index in [0.29, 0.717) is 35.7 Å². The Morgan fingerprint density at radius 1 is 0.917 bits per heavy atom. The number of hydrogen-bond acceptors (Lipinski definition) is 5. The molecule has 0 aromatic heterocycles. The summed E-state index contributed by atoms with van der Waals surface area (Å²) in [5.74, 6) is 1.87. The predicted octanol–water partition coefficient (Wildman–Crippen LogP) is 5.34. The Labute approximate surface area is 211 Å². The molecule has 4 rings (SSSR count). The van der Waals surface area contributed by atoms with Crippen LogP contribution in [0.15, 0.2) is 53.5 Å². The number of rotatable bonds is 8. The van der Waals surface area contributed by atoms with Gasteiger partial charge in [0.15, 0.2) is 0 Å². The van der Waals surface area contributed by atoms with Gasteiger partial charge in [0.05, 0.1) is 20.1 Å². The van der Waals surface area contributed by atoms with Crippen molar-refractivity contribution >= 4 is 11.7 Å². The van der Waals surface area contributed by atoms with Crippen LogP contribution in [0.3, 0.4) is 0 Å². The molecule has 1 aliphatic rings. The Bertz CT molecular complexity index is 1280. The number of methoxy groups -OCH3 is 2. The van der Waals surface area contributed by atoms with Crippen LogP contribution in [0, 0.1) is 19.7 Å². The van der Waals surface area contributed by atoms with Gasteiger partial charge in [-0.2, -0.15) is 0 Å². The van der Waals surface area contributed by atoms with Gasteiger partial charge >= 0.3 is 0 Å². The molecule has 7 heteroatoms. The molecule has 6 nitrogen and oxygen atoms in total. The van der Waals surface area contributed by atoms with Crippen molar-refractivity contribution in [3.05, 3.63) is 82.2 Å². The zero-order valence-corrected chi connectivity index (χ0v) is 21.2. The molecule has 2 N–H and O–H groups in total. The smallest absolute Gasteiger partial charge is 0.251 e. The topological polar surface area (TPSA) is 72.0 Å². The fourth-order valence-electron chi connectivity index (χ4n) is 4.31. The average Bonchev–Trinajstić information content (AvgIpc) is 3.41. The zero-order valence-electron chi connectivity index (χ0n) is 21.2. The first kappa shape index (κ1) is 25.2. The molecule has 0 unspecified atom stereocenters. The van der Waals surface area contributed by atoms with Gasteiger partial charge in [-0.15, -0.1) is 0 Å². The largest absolute Gasteiger partial charge is 0.497 e. The molecule has 0 atom stereocenters. The van der Waals surface area contributed by atoms with Crippen molar-refractivity contribution in [3.8, 4) is 22.6 Å². The molecule has 1 aliphatic heterocycles. The third-order valence-electron chi connectivity index (χ3n) is 6.31. The molecule has 0 radical (unpaired) electrons. The van der Waals surface area contributed by atoms with Gasteiger partial charge in [-0.05, 0) is 96.1 Å². The maximum atomic E-state index is 14.1. The number of carbonyl (C=O) groups is 1. The van der Waals surface area contributed by atoms with E-state index in [2.05, 4.69) is 15.6 Å². The fraction of sp³-hybridized carbons (Fsp3) is 0.310. The summed E-state index contributed by atoms with van der Waals surface area (Å²) in [5, 5.41) is 6.39. The highest BCUT2D eigenvalue weighted by Gasteiger charge is 2.14. The molecule has 1 heterocycles. The van der Waals surface area contributed by atoms with Crippen molar-refractivity contribution in [1.29, 1.82) is 0 Å². The third kappa shape index (κ3) is 6.03. The number of amidine groups is 1. The number of halogens is 1. The second-order valence-corrected chi connectivity index (χ2v) is 9.02. The second-order valence-electron chi connectivity index (χ2n) is 9.02.